The number of pyridine rings is 1. The number of rotatable bonds is 4. The maximum absolute atomic E-state index is 6.14. The fraction of sp³-hybridized carbons (Fsp3) is 0.143. The molecule has 0 aliphatic carbocycles. The summed E-state index contributed by atoms with van der Waals surface area (Å²) in [6.07, 6.45) is 3.02. The minimum atomic E-state index is 0.339. The summed E-state index contributed by atoms with van der Waals surface area (Å²) in [6, 6.07) is 3.56. The van der Waals surface area contributed by atoms with Crippen LogP contribution in [0.25, 0.3) is 0 Å². The molecule has 0 fully saturated rings. The predicted octanol–water partition coefficient (Wildman–Crippen LogP) is 3.67. The Morgan fingerprint density at radius 2 is 1.87 bits per heavy atom. The molecule has 23 heavy (non-hydrogen) atoms. The molecule has 0 atom stereocenters. The molecular weight excluding hydrogens is 334 g/mol. The lowest BCUT2D eigenvalue weighted by atomic mass is 10.4. The average molecular weight is 348 g/mol. The molecule has 3 rings (SSSR count). The maximum atomic E-state index is 6.14. The van der Waals surface area contributed by atoms with Gasteiger partial charge < -0.3 is 16.4 Å². The molecule has 0 radical (unpaired) electrons. The summed E-state index contributed by atoms with van der Waals surface area (Å²) in [5.41, 5.74) is 8.10. The first kappa shape index (κ1) is 15.4. The van der Waals surface area contributed by atoms with E-state index in [-0.39, 0.29) is 0 Å². The molecule has 0 unspecified atom stereocenters. The zero-order valence-corrected chi connectivity index (χ0v) is 14.0. The fourth-order valence-electron chi connectivity index (χ4n) is 1.83. The van der Waals surface area contributed by atoms with Crippen molar-refractivity contribution in [1.82, 2.24) is 19.9 Å². The van der Waals surface area contributed by atoms with Crippen molar-refractivity contribution in [2.75, 3.05) is 16.4 Å². The number of halogens is 1. The number of nitrogens with two attached hydrogens (primary N) is 1. The van der Waals surface area contributed by atoms with Crippen molar-refractivity contribution >= 4 is 51.1 Å². The van der Waals surface area contributed by atoms with Crippen LogP contribution in [0.4, 0.5) is 28.1 Å². The Kier molecular flexibility index (Phi) is 4.26. The number of nitrogen functional groups attached to an aromatic ring is 1. The van der Waals surface area contributed by atoms with Crippen LogP contribution in [-0.2, 0) is 0 Å². The maximum Gasteiger partial charge on any atom is 0.188 e. The van der Waals surface area contributed by atoms with Crippen molar-refractivity contribution in [3.8, 4) is 0 Å². The summed E-state index contributed by atoms with van der Waals surface area (Å²) in [4.78, 5) is 17.9. The van der Waals surface area contributed by atoms with Gasteiger partial charge in [-0.1, -0.05) is 11.6 Å². The number of nitrogens with zero attached hydrogens (tertiary/aromatic N) is 4. The molecule has 0 saturated heterocycles. The van der Waals surface area contributed by atoms with E-state index in [1.165, 1.54) is 6.33 Å². The van der Waals surface area contributed by atoms with Gasteiger partial charge in [0.25, 0.3) is 0 Å². The highest BCUT2D eigenvalue weighted by atomic mass is 35.5. The zero-order valence-electron chi connectivity index (χ0n) is 12.5. The first-order chi connectivity index (χ1) is 11.0. The Labute approximate surface area is 142 Å². The van der Waals surface area contributed by atoms with Gasteiger partial charge in [-0.3, -0.25) is 0 Å². The first-order valence-electron chi connectivity index (χ1n) is 6.73. The van der Waals surface area contributed by atoms with Crippen molar-refractivity contribution in [1.29, 1.82) is 0 Å². The molecule has 9 heteroatoms. The highest BCUT2D eigenvalue weighted by Crippen LogP contribution is 2.31. The Morgan fingerprint density at radius 1 is 1.13 bits per heavy atom. The van der Waals surface area contributed by atoms with Crippen molar-refractivity contribution in [3.05, 3.63) is 40.4 Å². The predicted molar refractivity (Wildman–Crippen MR) is 93.8 cm³/mol. The van der Waals surface area contributed by atoms with Gasteiger partial charge in [-0.15, -0.1) is 11.3 Å². The smallest absolute Gasteiger partial charge is 0.188 e. The van der Waals surface area contributed by atoms with Crippen LogP contribution >= 0.6 is 22.9 Å². The van der Waals surface area contributed by atoms with Crippen LogP contribution in [-0.4, -0.2) is 19.9 Å². The van der Waals surface area contributed by atoms with Gasteiger partial charge in [-0.2, -0.15) is 0 Å². The standard InChI is InChI=1S/C14H14ClN7S/c1-7-8(2)23-14(20-7)22-13-10(16)12(18-6-19-13)21-9-4-3-5-17-11(9)15/h3-6H,16H2,1-2H3,(H2,18,19,20,21,22). The molecule has 7 nitrogen and oxygen atoms in total. The monoisotopic (exact) mass is 347 g/mol. The Morgan fingerprint density at radius 3 is 2.52 bits per heavy atom. The molecule has 4 N–H and O–H groups in total. The van der Waals surface area contributed by atoms with Crippen LogP contribution in [0.3, 0.4) is 0 Å². The van der Waals surface area contributed by atoms with Crippen molar-refractivity contribution in [2.24, 2.45) is 0 Å². The SMILES string of the molecule is Cc1nc(Nc2ncnc(Nc3cccnc3Cl)c2N)sc1C. The van der Waals surface area contributed by atoms with Gasteiger partial charge in [0.1, 0.15) is 12.0 Å². The molecule has 0 aliphatic rings. The van der Waals surface area contributed by atoms with Gasteiger partial charge in [0.2, 0.25) is 0 Å². The second kappa shape index (κ2) is 6.35. The van der Waals surface area contributed by atoms with E-state index in [0.29, 0.717) is 28.2 Å². The number of aromatic nitrogens is 4. The van der Waals surface area contributed by atoms with Crippen LogP contribution in [0.5, 0.6) is 0 Å². The van der Waals surface area contributed by atoms with Crippen molar-refractivity contribution in [2.45, 2.75) is 13.8 Å². The summed E-state index contributed by atoms with van der Waals surface area (Å²) < 4.78 is 0. The number of hydrogen-bond donors (Lipinski definition) is 3. The lowest BCUT2D eigenvalue weighted by molar-refractivity contribution is 1.16. The van der Waals surface area contributed by atoms with Gasteiger partial charge in [0, 0.05) is 11.1 Å². The van der Waals surface area contributed by atoms with Crippen LogP contribution < -0.4 is 16.4 Å². The molecule has 0 amide bonds. The minimum absolute atomic E-state index is 0.339. The van der Waals surface area contributed by atoms with E-state index in [9.17, 15) is 0 Å². The number of anilines is 5. The quantitative estimate of drug-likeness (QED) is 0.619. The van der Waals surface area contributed by atoms with E-state index in [1.807, 2.05) is 13.8 Å². The zero-order chi connectivity index (χ0) is 16.4. The Balaban J connectivity index is 1.88. The Bertz CT molecular complexity index is 829. The van der Waals surface area contributed by atoms with E-state index in [4.69, 9.17) is 17.3 Å². The summed E-state index contributed by atoms with van der Waals surface area (Å²) in [5, 5.41) is 7.24. The van der Waals surface area contributed by atoms with Gasteiger partial charge in [-0.05, 0) is 26.0 Å². The van der Waals surface area contributed by atoms with E-state index >= 15 is 0 Å². The van der Waals surface area contributed by atoms with E-state index < -0.39 is 0 Å². The summed E-state index contributed by atoms with van der Waals surface area (Å²) in [5.74, 6) is 0.929. The third-order valence-corrected chi connectivity index (χ3v) is 4.44. The molecule has 0 aromatic carbocycles. The Hall–Kier alpha value is -2.45. The molecule has 0 aliphatic heterocycles. The molecule has 3 aromatic rings. The third-order valence-electron chi connectivity index (χ3n) is 3.15. The van der Waals surface area contributed by atoms with Crippen LogP contribution in [0.1, 0.15) is 10.6 Å². The van der Waals surface area contributed by atoms with Gasteiger partial charge in [0.15, 0.2) is 21.9 Å². The molecule has 0 spiro atoms. The van der Waals surface area contributed by atoms with E-state index in [1.54, 1.807) is 29.7 Å². The molecule has 3 heterocycles. The van der Waals surface area contributed by atoms with Crippen molar-refractivity contribution < 1.29 is 0 Å². The second-order valence-electron chi connectivity index (χ2n) is 4.74. The molecule has 118 valence electrons. The minimum Gasteiger partial charge on any atom is -0.393 e. The van der Waals surface area contributed by atoms with Crippen LogP contribution in [0.2, 0.25) is 5.15 Å². The topological polar surface area (TPSA) is 102 Å². The van der Waals surface area contributed by atoms with E-state index in [2.05, 4.69) is 30.6 Å². The highest BCUT2D eigenvalue weighted by molar-refractivity contribution is 7.15. The molecule has 0 bridgehead atoms. The third kappa shape index (κ3) is 3.33. The number of hydrogen-bond acceptors (Lipinski definition) is 8. The summed E-state index contributed by atoms with van der Waals surface area (Å²) in [7, 11) is 0. The van der Waals surface area contributed by atoms with E-state index in [0.717, 1.165) is 15.7 Å². The number of thiazole rings is 1. The largest absolute Gasteiger partial charge is 0.393 e. The highest BCUT2D eigenvalue weighted by Gasteiger charge is 2.12. The molecule has 3 aromatic heterocycles. The lowest BCUT2D eigenvalue weighted by Gasteiger charge is -2.11. The molecule has 0 saturated carbocycles. The number of aryl methyl sites for hydroxylation is 2. The lowest BCUT2D eigenvalue weighted by Crippen LogP contribution is -2.05. The summed E-state index contributed by atoms with van der Waals surface area (Å²) in [6.45, 7) is 3.97. The number of nitrogens with one attached hydrogen (secondary N) is 2. The second-order valence-corrected chi connectivity index (χ2v) is 6.30. The summed E-state index contributed by atoms with van der Waals surface area (Å²) >= 11 is 7.57. The first-order valence-corrected chi connectivity index (χ1v) is 7.93. The van der Waals surface area contributed by atoms with Gasteiger partial charge in [-0.25, -0.2) is 19.9 Å². The fourth-order valence-corrected chi connectivity index (χ4v) is 2.81. The average Bonchev–Trinajstić information content (AvgIpc) is 2.84. The molecular formula is C14H14ClN7S. The normalized spacial score (nSPS) is 10.6. The van der Waals surface area contributed by atoms with Crippen molar-refractivity contribution in [3.63, 3.8) is 0 Å². The van der Waals surface area contributed by atoms with Crippen LogP contribution in [0, 0.1) is 13.8 Å². The van der Waals surface area contributed by atoms with Gasteiger partial charge >= 0.3 is 0 Å². The van der Waals surface area contributed by atoms with Gasteiger partial charge in [0.05, 0.1) is 11.4 Å². The van der Waals surface area contributed by atoms with Crippen LogP contribution in [0.15, 0.2) is 24.7 Å².